The van der Waals surface area contributed by atoms with E-state index in [2.05, 4.69) is 16.0 Å². The molecule has 0 aliphatic heterocycles. The number of aliphatic hydroxyl groups is 1. The van der Waals surface area contributed by atoms with E-state index in [4.69, 9.17) is 23.2 Å². The van der Waals surface area contributed by atoms with Gasteiger partial charge >= 0.3 is 18.4 Å². The van der Waals surface area contributed by atoms with Gasteiger partial charge in [-0.2, -0.15) is 26.3 Å². The van der Waals surface area contributed by atoms with E-state index in [0.29, 0.717) is 6.07 Å². The average molecular weight is 518 g/mol. The van der Waals surface area contributed by atoms with Gasteiger partial charge in [-0.1, -0.05) is 29.3 Å². The van der Waals surface area contributed by atoms with Gasteiger partial charge in [0.2, 0.25) is 5.60 Å². The molecular weight excluding hydrogens is 499 g/mol. The van der Waals surface area contributed by atoms with E-state index in [1.807, 2.05) is 0 Å². The fourth-order valence-corrected chi connectivity index (χ4v) is 3.42. The Morgan fingerprint density at radius 2 is 1.58 bits per heavy atom. The third-order valence-electron chi connectivity index (χ3n) is 4.55. The first kappa shape index (κ1) is 26.9. The summed E-state index contributed by atoms with van der Waals surface area (Å²) in [6.07, 6.45) is -10.1. The molecule has 5 nitrogen and oxygen atoms in total. The number of carbonyl (C=O) groups excluding carboxylic acids is 1. The van der Waals surface area contributed by atoms with E-state index < -0.39 is 48.2 Å². The number of hydrogen-bond acceptors (Lipinski definition) is 3. The zero-order chi connectivity index (χ0) is 25.0. The second-order valence-corrected chi connectivity index (χ2v) is 7.83. The van der Waals surface area contributed by atoms with E-state index in [1.165, 1.54) is 6.07 Å². The Labute approximate surface area is 195 Å². The summed E-state index contributed by atoms with van der Waals surface area (Å²) in [5.74, 6) is 0. The van der Waals surface area contributed by atoms with Gasteiger partial charge in [0.25, 0.3) is 0 Å². The summed E-state index contributed by atoms with van der Waals surface area (Å²) in [5, 5.41) is 16.9. The van der Waals surface area contributed by atoms with Gasteiger partial charge in [0.1, 0.15) is 0 Å². The van der Waals surface area contributed by atoms with Gasteiger partial charge in [0, 0.05) is 28.8 Å². The van der Waals surface area contributed by atoms with Crippen LogP contribution in [0.25, 0.3) is 0 Å². The smallest absolute Gasteiger partial charge is 0.381 e. The van der Waals surface area contributed by atoms with Crippen LogP contribution in [0.15, 0.2) is 36.4 Å². The van der Waals surface area contributed by atoms with Gasteiger partial charge in [0.15, 0.2) is 0 Å². The molecule has 0 fully saturated rings. The number of hydrogen-bond donors (Lipinski definition) is 4. The van der Waals surface area contributed by atoms with Crippen LogP contribution in [0, 0.1) is 0 Å². The molecule has 2 rings (SSSR count). The molecule has 0 spiro atoms. The minimum atomic E-state index is -5.21. The zero-order valence-corrected chi connectivity index (χ0v) is 18.5. The minimum Gasteiger partial charge on any atom is -0.381 e. The van der Waals surface area contributed by atoms with E-state index >= 15 is 0 Å². The molecule has 13 heteroatoms. The molecule has 0 heterocycles. The van der Waals surface area contributed by atoms with E-state index in [-0.39, 0.29) is 27.8 Å². The summed E-state index contributed by atoms with van der Waals surface area (Å²) in [4.78, 5) is 11.5. The van der Waals surface area contributed by atoms with Gasteiger partial charge in [-0.05, 0) is 48.4 Å². The topological polar surface area (TPSA) is 73.4 Å². The SMILES string of the molecule is CCNC(=O)NCc1ccc(NC[C@](O)(c2cc(Cl)cc(Cl)c2)C(F)(F)F)cc1C(F)(F)F. The molecule has 182 valence electrons. The van der Waals surface area contributed by atoms with Crippen LogP contribution < -0.4 is 16.0 Å². The molecule has 33 heavy (non-hydrogen) atoms. The van der Waals surface area contributed by atoms with Gasteiger partial charge in [-0.25, -0.2) is 4.79 Å². The number of halogens is 8. The van der Waals surface area contributed by atoms with Crippen molar-refractivity contribution >= 4 is 34.9 Å². The number of carbonyl (C=O) groups is 1. The number of rotatable bonds is 7. The number of alkyl halides is 6. The number of urea groups is 1. The van der Waals surface area contributed by atoms with Crippen molar-refractivity contribution in [1.82, 2.24) is 10.6 Å². The predicted octanol–water partition coefficient (Wildman–Crippen LogP) is 5.69. The van der Waals surface area contributed by atoms with Crippen LogP contribution in [0.1, 0.15) is 23.6 Å². The van der Waals surface area contributed by atoms with Crippen molar-refractivity contribution in [3.63, 3.8) is 0 Å². The van der Waals surface area contributed by atoms with Crippen LogP contribution in [0.4, 0.5) is 36.8 Å². The van der Waals surface area contributed by atoms with E-state index in [1.54, 1.807) is 6.92 Å². The van der Waals surface area contributed by atoms with Crippen LogP contribution in [0.3, 0.4) is 0 Å². The second kappa shape index (κ2) is 10.3. The van der Waals surface area contributed by atoms with Crippen LogP contribution in [0.2, 0.25) is 10.0 Å². The first-order valence-electron chi connectivity index (χ1n) is 9.38. The highest BCUT2D eigenvalue weighted by Crippen LogP contribution is 2.41. The Balaban J connectivity index is 2.33. The molecule has 0 bridgehead atoms. The maximum absolute atomic E-state index is 13.7. The molecule has 0 saturated carbocycles. The molecular formula is C20H19Cl2F6N3O2. The molecule has 0 aliphatic carbocycles. The highest BCUT2D eigenvalue weighted by atomic mass is 35.5. The second-order valence-electron chi connectivity index (χ2n) is 6.95. The first-order valence-corrected chi connectivity index (χ1v) is 10.1. The summed E-state index contributed by atoms with van der Waals surface area (Å²) in [5.41, 5.74) is -5.98. The average Bonchev–Trinajstić information content (AvgIpc) is 2.68. The molecule has 0 aromatic heterocycles. The number of anilines is 1. The molecule has 1 atom stereocenters. The normalized spacial score (nSPS) is 13.9. The minimum absolute atomic E-state index is 0.163. The lowest BCUT2D eigenvalue weighted by Gasteiger charge is -2.32. The molecule has 0 unspecified atom stereocenters. The maximum atomic E-state index is 13.7. The number of benzene rings is 2. The van der Waals surface area contributed by atoms with Crippen LogP contribution >= 0.6 is 23.2 Å². The van der Waals surface area contributed by atoms with Gasteiger partial charge in [0.05, 0.1) is 12.1 Å². The molecule has 0 radical (unpaired) electrons. The summed E-state index contributed by atoms with van der Waals surface area (Å²) in [6.45, 7) is 0.205. The van der Waals surface area contributed by atoms with Crippen molar-refractivity contribution in [2.75, 3.05) is 18.4 Å². The lowest BCUT2D eigenvalue weighted by molar-refractivity contribution is -0.260. The fourth-order valence-electron chi connectivity index (χ4n) is 2.89. The van der Waals surface area contributed by atoms with Gasteiger partial charge < -0.3 is 21.1 Å². The van der Waals surface area contributed by atoms with Crippen molar-refractivity contribution in [3.05, 3.63) is 63.1 Å². The summed E-state index contributed by atoms with van der Waals surface area (Å²) in [7, 11) is 0. The maximum Gasteiger partial charge on any atom is 0.423 e. The van der Waals surface area contributed by atoms with Crippen LogP contribution in [0.5, 0.6) is 0 Å². The molecule has 0 aliphatic rings. The lowest BCUT2D eigenvalue weighted by atomic mass is 9.92. The predicted molar refractivity (Wildman–Crippen MR) is 112 cm³/mol. The molecule has 2 amide bonds. The Morgan fingerprint density at radius 1 is 0.970 bits per heavy atom. The van der Waals surface area contributed by atoms with Gasteiger partial charge in [-0.15, -0.1) is 0 Å². The third kappa shape index (κ3) is 6.81. The Hall–Kier alpha value is -2.37. The molecule has 2 aromatic carbocycles. The summed E-state index contributed by atoms with van der Waals surface area (Å²) >= 11 is 11.5. The number of amides is 2. The Kier molecular flexibility index (Phi) is 8.36. The summed E-state index contributed by atoms with van der Waals surface area (Å²) < 4.78 is 81.7. The van der Waals surface area contributed by atoms with Crippen molar-refractivity contribution < 1.29 is 36.2 Å². The molecule has 0 saturated heterocycles. The first-order chi connectivity index (χ1) is 15.2. The van der Waals surface area contributed by atoms with Crippen LogP contribution in [-0.2, 0) is 18.3 Å². The Bertz CT molecular complexity index is 980. The van der Waals surface area contributed by atoms with Crippen molar-refractivity contribution in [3.8, 4) is 0 Å². The zero-order valence-electron chi connectivity index (χ0n) is 17.0. The van der Waals surface area contributed by atoms with E-state index in [0.717, 1.165) is 24.3 Å². The Morgan fingerprint density at radius 3 is 2.09 bits per heavy atom. The standard InChI is InChI=1S/C20H19Cl2F6N3O2/c1-2-29-17(32)30-9-11-3-4-15(8-16(11)19(23,24)25)31-10-18(33,20(26,27)28)12-5-13(21)7-14(22)6-12/h3-8,31,33H,2,9-10H2,1H3,(H2,29,30,32)/t18-/m0/s1. The van der Waals surface area contributed by atoms with Crippen molar-refractivity contribution in [2.45, 2.75) is 31.4 Å². The highest BCUT2D eigenvalue weighted by molar-refractivity contribution is 6.34. The number of nitrogens with one attached hydrogen (secondary N) is 3. The summed E-state index contributed by atoms with van der Waals surface area (Å²) in [6, 6.07) is 4.92. The monoisotopic (exact) mass is 517 g/mol. The largest absolute Gasteiger partial charge is 0.423 e. The van der Waals surface area contributed by atoms with Crippen LogP contribution in [-0.4, -0.2) is 30.4 Å². The quantitative estimate of drug-likeness (QED) is 0.356. The van der Waals surface area contributed by atoms with Crippen molar-refractivity contribution in [1.29, 1.82) is 0 Å². The molecule has 4 N–H and O–H groups in total. The van der Waals surface area contributed by atoms with E-state index in [9.17, 15) is 36.2 Å². The lowest BCUT2D eigenvalue weighted by Crippen LogP contribution is -2.47. The molecule has 2 aromatic rings. The fraction of sp³-hybridized carbons (Fsp3) is 0.350. The van der Waals surface area contributed by atoms with Crippen molar-refractivity contribution in [2.24, 2.45) is 0 Å². The third-order valence-corrected chi connectivity index (χ3v) is 4.99. The van der Waals surface area contributed by atoms with Gasteiger partial charge in [-0.3, -0.25) is 0 Å². The highest BCUT2D eigenvalue weighted by Gasteiger charge is 2.55.